The second-order valence-corrected chi connectivity index (χ2v) is 8.65. The van der Waals surface area contributed by atoms with Gasteiger partial charge in [-0.15, -0.1) is 0 Å². The number of hydrogen-bond donors (Lipinski definition) is 2. The molecule has 0 aliphatic heterocycles. The number of nitrogens with one attached hydrogen (secondary N) is 2. The van der Waals surface area contributed by atoms with Gasteiger partial charge in [0.2, 0.25) is 0 Å². The average molecular weight is 462 g/mol. The smallest absolute Gasteiger partial charge is 0.407 e. The van der Waals surface area contributed by atoms with E-state index in [0.29, 0.717) is 24.5 Å². The summed E-state index contributed by atoms with van der Waals surface area (Å²) in [5, 5.41) is 7.00. The van der Waals surface area contributed by atoms with Crippen LogP contribution >= 0.6 is 0 Å². The third-order valence-electron chi connectivity index (χ3n) is 6.09. The Hall–Kier alpha value is -3.61. The fraction of sp³-hybridized carbons (Fsp3) is 0.370. The first kappa shape index (κ1) is 23.5. The second kappa shape index (κ2) is 10.5. The maximum absolute atomic E-state index is 13.3. The minimum Gasteiger partial charge on any atom is -0.492 e. The highest BCUT2D eigenvalue weighted by Crippen LogP contribution is 2.48. The number of rotatable bonds is 10. The number of nitrogens with zero attached hydrogens (tertiary/aromatic N) is 1. The van der Waals surface area contributed by atoms with Crippen molar-refractivity contribution in [3.63, 3.8) is 0 Å². The molecular formula is C27H31N3O4. The predicted molar refractivity (Wildman–Crippen MR) is 131 cm³/mol. The van der Waals surface area contributed by atoms with E-state index < -0.39 is 6.09 Å². The summed E-state index contributed by atoms with van der Waals surface area (Å²) >= 11 is 0. The van der Waals surface area contributed by atoms with Crippen molar-refractivity contribution in [1.82, 2.24) is 15.6 Å². The maximum Gasteiger partial charge on any atom is 0.407 e. The topological polar surface area (TPSA) is 89.5 Å². The van der Waals surface area contributed by atoms with Crippen molar-refractivity contribution in [3.05, 3.63) is 71.4 Å². The molecule has 2 N–H and O–H groups in total. The lowest BCUT2D eigenvalue weighted by Crippen LogP contribution is -2.35. The number of aryl methyl sites for hydroxylation is 1. The van der Waals surface area contributed by atoms with Gasteiger partial charge in [-0.25, -0.2) is 4.79 Å². The molecule has 7 heteroatoms. The number of carbonyl (C=O) groups excluding carboxylic acids is 2. The van der Waals surface area contributed by atoms with E-state index in [-0.39, 0.29) is 18.1 Å². The lowest BCUT2D eigenvalue weighted by atomic mass is 9.98. The Kier molecular flexibility index (Phi) is 7.30. The minimum atomic E-state index is -0.445. The van der Waals surface area contributed by atoms with E-state index in [0.717, 1.165) is 47.7 Å². The number of benzene rings is 2. The zero-order valence-electron chi connectivity index (χ0n) is 19.7. The van der Waals surface area contributed by atoms with Crippen LogP contribution in [-0.4, -0.2) is 36.7 Å². The molecular weight excluding hydrogens is 430 g/mol. The lowest BCUT2D eigenvalue weighted by Gasteiger charge is -2.21. The van der Waals surface area contributed by atoms with Crippen molar-refractivity contribution in [2.45, 2.75) is 45.1 Å². The largest absolute Gasteiger partial charge is 0.492 e. The highest BCUT2D eigenvalue weighted by atomic mass is 16.5. The molecule has 0 atom stereocenters. The third kappa shape index (κ3) is 5.47. The van der Waals surface area contributed by atoms with Crippen LogP contribution in [0.5, 0.6) is 5.75 Å². The summed E-state index contributed by atoms with van der Waals surface area (Å²) in [4.78, 5) is 29.3. The van der Waals surface area contributed by atoms with Crippen LogP contribution in [0, 0.1) is 6.92 Å². The molecule has 4 rings (SSSR count). The number of unbranched alkanes of at least 4 members (excludes halogenated alkanes) is 1. The molecule has 178 valence electrons. The first-order valence-corrected chi connectivity index (χ1v) is 11.8. The molecule has 1 heterocycles. The molecule has 0 spiro atoms. The molecule has 1 aliphatic carbocycles. The molecule has 0 saturated heterocycles. The maximum atomic E-state index is 13.3. The Labute approximate surface area is 199 Å². The fourth-order valence-corrected chi connectivity index (χ4v) is 4.01. The van der Waals surface area contributed by atoms with Crippen LogP contribution in [0.15, 0.2) is 54.7 Å². The molecule has 1 aliphatic rings. The first-order chi connectivity index (χ1) is 16.5. The van der Waals surface area contributed by atoms with Gasteiger partial charge in [0.15, 0.2) is 0 Å². The Morgan fingerprint density at radius 3 is 2.74 bits per heavy atom. The van der Waals surface area contributed by atoms with Crippen LogP contribution in [-0.2, 0) is 10.3 Å². The van der Waals surface area contributed by atoms with Gasteiger partial charge in [-0.2, -0.15) is 0 Å². The van der Waals surface area contributed by atoms with E-state index in [2.05, 4.69) is 27.8 Å². The van der Waals surface area contributed by atoms with E-state index in [1.54, 1.807) is 12.3 Å². The highest BCUT2D eigenvalue weighted by Gasteiger charge is 2.46. The summed E-state index contributed by atoms with van der Waals surface area (Å²) in [6.45, 7) is 4.96. The SMILES string of the molecule is CCCCOC(=O)NCCOc1ccc(C)c(C(=O)NC2(c3cccc4ncccc34)CC2)c1. The Bertz CT molecular complexity index is 1170. The van der Waals surface area contributed by atoms with Crippen molar-refractivity contribution < 1.29 is 19.1 Å². The van der Waals surface area contributed by atoms with Crippen molar-refractivity contribution in [3.8, 4) is 5.75 Å². The molecule has 3 aromatic rings. The molecule has 7 nitrogen and oxygen atoms in total. The van der Waals surface area contributed by atoms with E-state index in [9.17, 15) is 9.59 Å². The number of hydrogen-bond acceptors (Lipinski definition) is 5. The Morgan fingerprint density at radius 2 is 1.94 bits per heavy atom. The van der Waals surface area contributed by atoms with Crippen LogP contribution in [0.2, 0.25) is 0 Å². The molecule has 1 aromatic heterocycles. The summed E-state index contributed by atoms with van der Waals surface area (Å²) < 4.78 is 10.8. The normalized spacial score (nSPS) is 13.8. The van der Waals surface area contributed by atoms with Crippen LogP contribution in [0.25, 0.3) is 10.9 Å². The molecule has 1 saturated carbocycles. The number of fused-ring (bicyclic) bond motifs is 1. The first-order valence-electron chi connectivity index (χ1n) is 11.8. The number of alkyl carbamates (subject to hydrolysis) is 1. The third-order valence-corrected chi connectivity index (χ3v) is 6.09. The van der Waals surface area contributed by atoms with Crippen molar-refractivity contribution in [1.29, 1.82) is 0 Å². The van der Waals surface area contributed by atoms with Crippen molar-refractivity contribution in [2.24, 2.45) is 0 Å². The van der Waals surface area contributed by atoms with Gasteiger partial charge in [-0.3, -0.25) is 9.78 Å². The molecule has 0 bridgehead atoms. The van der Waals surface area contributed by atoms with Crippen LogP contribution < -0.4 is 15.4 Å². The van der Waals surface area contributed by atoms with Gasteiger partial charge in [0.25, 0.3) is 5.91 Å². The van der Waals surface area contributed by atoms with Crippen LogP contribution in [0.1, 0.15) is 54.1 Å². The highest BCUT2D eigenvalue weighted by molar-refractivity contribution is 5.97. The van der Waals surface area contributed by atoms with Gasteiger partial charge >= 0.3 is 6.09 Å². The molecule has 2 amide bonds. The number of ether oxygens (including phenoxy) is 2. The standard InChI is InChI=1S/C27H31N3O4/c1-3-4-16-34-26(32)29-15-17-33-20-11-10-19(2)22(18-20)25(31)30-27(12-13-27)23-8-5-9-24-21(23)7-6-14-28-24/h5-11,14,18H,3-4,12-13,15-17H2,1-2H3,(H,29,32)(H,30,31). The Balaban J connectivity index is 1.38. The molecule has 0 unspecified atom stereocenters. The molecule has 34 heavy (non-hydrogen) atoms. The zero-order chi connectivity index (χ0) is 24.0. The second-order valence-electron chi connectivity index (χ2n) is 8.65. The van der Waals surface area contributed by atoms with Gasteiger partial charge in [0.1, 0.15) is 12.4 Å². The monoisotopic (exact) mass is 461 g/mol. The number of pyridine rings is 1. The quantitative estimate of drug-likeness (QED) is 0.421. The van der Waals surface area contributed by atoms with Gasteiger partial charge in [-0.1, -0.05) is 37.6 Å². The van der Waals surface area contributed by atoms with E-state index >= 15 is 0 Å². The van der Waals surface area contributed by atoms with E-state index in [1.807, 2.05) is 44.2 Å². The summed E-state index contributed by atoms with van der Waals surface area (Å²) in [6.07, 6.45) is 4.93. The average Bonchev–Trinajstić information content (AvgIpc) is 3.62. The van der Waals surface area contributed by atoms with Gasteiger partial charge < -0.3 is 20.1 Å². The molecule has 0 radical (unpaired) electrons. The van der Waals surface area contributed by atoms with E-state index in [1.165, 1.54) is 0 Å². The summed E-state index contributed by atoms with van der Waals surface area (Å²) in [7, 11) is 0. The molecule has 1 fully saturated rings. The van der Waals surface area contributed by atoms with Gasteiger partial charge in [0, 0.05) is 17.1 Å². The van der Waals surface area contributed by atoms with Crippen molar-refractivity contribution >= 4 is 22.9 Å². The molecule has 2 aromatic carbocycles. The summed E-state index contributed by atoms with van der Waals surface area (Å²) in [5.41, 5.74) is 3.11. The number of carbonyl (C=O) groups is 2. The minimum absolute atomic E-state index is 0.126. The number of amides is 2. The lowest BCUT2D eigenvalue weighted by molar-refractivity contribution is 0.0930. The zero-order valence-corrected chi connectivity index (χ0v) is 19.7. The van der Waals surface area contributed by atoms with E-state index in [4.69, 9.17) is 9.47 Å². The summed E-state index contributed by atoms with van der Waals surface area (Å²) in [5.74, 6) is 0.454. The van der Waals surface area contributed by atoms with Gasteiger partial charge in [-0.05, 0) is 61.6 Å². The number of aromatic nitrogens is 1. The Morgan fingerprint density at radius 1 is 1.09 bits per heavy atom. The predicted octanol–water partition coefficient (Wildman–Crippen LogP) is 4.87. The van der Waals surface area contributed by atoms with Gasteiger partial charge in [0.05, 0.1) is 24.2 Å². The van der Waals surface area contributed by atoms with Crippen LogP contribution in [0.3, 0.4) is 0 Å². The van der Waals surface area contributed by atoms with Crippen molar-refractivity contribution in [2.75, 3.05) is 19.8 Å². The fourth-order valence-electron chi connectivity index (χ4n) is 4.01. The van der Waals surface area contributed by atoms with Crippen LogP contribution in [0.4, 0.5) is 4.79 Å². The summed E-state index contributed by atoms with van der Waals surface area (Å²) in [6, 6.07) is 15.5.